The fourth-order valence-electron chi connectivity index (χ4n) is 5.79. The Morgan fingerprint density at radius 3 is 1.03 bits per heavy atom. The average molecular weight is 851 g/mol. The van der Waals surface area contributed by atoms with E-state index in [0.29, 0.717) is 12.8 Å². The average Bonchev–Trinajstić information content (AvgIpc) is 3.28. The molecule has 62 heavy (non-hydrogen) atoms. The molecule has 0 aromatic carbocycles. The van der Waals surface area contributed by atoms with E-state index < -0.39 is 6.10 Å². The number of aliphatic hydroxyl groups is 1. The van der Waals surface area contributed by atoms with Gasteiger partial charge in [-0.3, -0.25) is 9.59 Å². The van der Waals surface area contributed by atoms with Crippen LogP contribution in [0.5, 0.6) is 0 Å². The lowest BCUT2D eigenvalue weighted by atomic mass is 10.1. The van der Waals surface area contributed by atoms with Crippen molar-refractivity contribution in [3.63, 3.8) is 0 Å². The topological polar surface area (TPSA) is 72.8 Å². The largest absolute Gasteiger partial charge is 0.462 e. The molecular formula is C57H86O5. The van der Waals surface area contributed by atoms with Crippen molar-refractivity contribution in [1.29, 1.82) is 0 Å². The highest BCUT2D eigenvalue weighted by atomic mass is 16.6. The molecule has 0 saturated carbocycles. The molecule has 0 saturated heterocycles. The zero-order valence-corrected chi connectivity index (χ0v) is 39.1. The van der Waals surface area contributed by atoms with Gasteiger partial charge in [-0.25, -0.2) is 0 Å². The Labute approximate surface area is 380 Å². The number of carbonyl (C=O) groups excluding carboxylic acids is 2. The third kappa shape index (κ3) is 48.2. The predicted molar refractivity (Wildman–Crippen MR) is 269 cm³/mol. The van der Waals surface area contributed by atoms with Crippen LogP contribution in [0.4, 0.5) is 0 Å². The van der Waals surface area contributed by atoms with Gasteiger partial charge in [-0.1, -0.05) is 204 Å². The van der Waals surface area contributed by atoms with Gasteiger partial charge in [0.15, 0.2) is 6.10 Å². The van der Waals surface area contributed by atoms with Crippen LogP contribution >= 0.6 is 0 Å². The highest BCUT2D eigenvalue weighted by Crippen LogP contribution is 2.11. The van der Waals surface area contributed by atoms with Crippen molar-refractivity contribution in [2.45, 2.75) is 174 Å². The van der Waals surface area contributed by atoms with Crippen LogP contribution < -0.4 is 0 Å². The summed E-state index contributed by atoms with van der Waals surface area (Å²) in [6.07, 6.45) is 79.2. The second-order valence-electron chi connectivity index (χ2n) is 15.1. The van der Waals surface area contributed by atoms with Crippen molar-refractivity contribution in [2.75, 3.05) is 13.2 Å². The number of aliphatic hydroxyl groups excluding tert-OH is 1. The van der Waals surface area contributed by atoms with Crippen LogP contribution in [0.25, 0.3) is 0 Å². The van der Waals surface area contributed by atoms with Gasteiger partial charge in [-0.15, -0.1) is 0 Å². The Bertz CT molecular complexity index is 1420. The molecule has 0 fully saturated rings. The SMILES string of the molecule is CC/C=C\C/C=C\C/C=C\C/C=C\C/C=C\C/C=C\C/C=C\C/C=C\C/C=C\CCCCCCCCCC(=O)OC(CO)COC(=O)CC/C=C\C/C=C\C/C=C\C/C=C\CC. The highest BCUT2D eigenvalue weighted by molar-refractivity contribution is 5.70. The summed E-state index contributed by atoms with van der Waals surface area (Å²) in [5.41, 5.74) is 0. The molecule has 1 unspecified atom stereocenters. The molecule has 344 valence electrons. The Morgan fingerprint density at radius 2 is 0.677 bits per heavy atom. The van der Waals surface area contributed by atoms with Gasteiger partial charge in [0.25, 0.3) is 0 Å². The predicted octanol–water partition coefficient (Wildman–Crippen LogP) is 16.1. The fraction of sp³-hybridized carbons (Fsp3) is 0.509. The summed E-state index contributed by atoms with van der Waals surface area (Å²) in [5.74, 6) is -0.715. The number of hydrogen-bond acceptors (Lipinski definition) is 5. The molecule has 0 rings (SSSR count). The Hall–Kier alpha value is -4.48. The molecule has 0 aromatic heterocycles. The second kappa shape index (κ2) is 50.9. The van der Waals surface area contributed by atoms with Crippen LogP contribution in [-0.4, -0.2) is 36.4 Å². The molecule has 1 N–H and O–H groups in total. The van der Waals surface area contributed by atoms with Crippen LogP contribution in [0.3, 0.4) is 0 Å². The normalized spacial score (nSPS) is 13.7. The van der Waals surface area contributed by atoms with Crippen LogP contribution in [0.1, 0.15) is 168 Å². The quantitative estimate of drug-likeness (QED) is 0.0377. The minimum absolute atomic E-state index is 0.119. The van der Waals surface area contributed by atoms with Crippen molar-refractivity contribution in [3.05, 3.63) is 158 Å². The van der Waals surface area contributed by atoms with Crippen molar-refractivity contribution in [2.24, 2.45) is 0 Å². The molecule has 1 atom stereocenters. The molecule has 5 heteroatoms. The first-order valence-electron chi connectivity index (χ1n) is 24.0. The van der Waals surface area contributed by atoms with Gasteiger partial charge in [0.05, 0.1) is 6.61 Å². The van der Waals surface area contributed by atoms with Gasteiger partial charge < -0.3 is 14.6 Å². The first-order chi connectivity index (χ1) is 30.6. The first-order valence-corrected chi connectivity index (χ1v) is 24.0. The molecule has 0 heterocycles. The number of ether oxygens (including phenoxy) is 2. The second-order valence-corrected chi connectivity index (χ2v) is 15.1. The van der Waals surface area contributed by atoms with Crippen molar-refractivity contribution >= 4 is 11.9 Å². The summed E-state index contributed by atoms with van der Waals surface area (Å²) >= 11 is 0. The zero-order chi connectivity index (χ0) is 44.9. The fourth-order valence-corrected chi connectivity index (χ4v) is 5.79. The number of rotatable bonds is 41. The van der Waals surface area contributed by atoms with Gasteiger partial charge in [0.2, 0.25) is 0 Å². The molecule has 0 aliphatic carbocycles. The molecule has 0 aliphatic rings. The third-order valence-electron chi connectivity index (χ3n) is 9.33. The standard InChI is InChI=1S/C57H86O5/c1-3-5-7-9-11-13-15-17-18-19-20-21-22-23-24-25-26-27-28-29-30-31-32-33-34-35-36-37-38-40-42-44-46-48-50-52-57(60)62-55(53-58)54-61-56(59)51-49-47-45-43-41-39-16-14-12-10-8-6-4-2/h5-8,11-14,17-18,20-21,23-24,26-27,29-30,32-33,35-36,39,41,45,47,55,58H,3-4,9-10,15-16,19,22,25,28,31,34,37-38,40,42-44,46,48-54H2,1-2H3/b7-5-,8-6-,13-11-,14-12-,18-17-,21-20-,24-23-,27-26-,30-29-,33-32-,36-35-,41-39-,47-45-. The molecule has 0 bridgehead atoms. The van der Waals surface area contributed by atoms with Gasteiger partial charge >= 0.3 is 11.9 Å². The molecule has 0 spiro atoms. The van der Waals surface area contributed by atoms with E-state index in [1.54, 1.807) is 0 Å². The van der Waals surface area contributed by atoms with E-state index in [0.717, 1.165) is 109 Å². The van der Waals surface area contributed by atoms with Gasteiger partial charge in [-0.2, -0.15) is 0 Å². The smallest absolute Gasteiger partial charge is 0.306 e. The van der Waals surface area contributed by atoms with Crippen molar-refractivity contribution in [1.82, 2.24) is 0 Å². The van der Waals surface area contributed by atoms with Gasteiger partial charge in [0.1, 0.15) is 6.61 Å². The molecule has 0 aromatic rings. The van der Waals surface area contributed by atoms with E-state index in [9.17, 15) is 14.7 Å². The maximum Gasteiger partial charge on any atom is 0.306 e. The number of allylic oxidation sites excluding steroid dienone is 26. The summed E-state index contributed by atoms with van der Waals surface area (Å²) in [7, 11) is 0. The lowest BCUT2D eigenvalue weighted by Crippen LogP contribution is -2.28. The zero-order valence-electron chi connectivity index (χ0n) is 39.1. The Kier molecular flexibility index (Phi) is 47.2. The minimum Gasteiger partial charge on any atom is -0.462 e. The molecular weight excluding hydrogens is 765 g/mol. The highest BCUT2D eigenvalue weighted by Gasteiger charge is 2.15. The number of carbonyl (C=O) groups is 2. The Balaban J connectivity index is 3.69. The molecule has 0 amide bonds. The van der Waals surface area contributed by atoms with Crippen molar-refractivity contribution < 1.29 is 24.2 Å². The maximum atomic E-state index is 12.2. The Morgan fingerprint density at radius 1 is 0.371 bits per heavy atom. The lowest BCUT2D eigenvalue weighted by Gasteiger charge is -2.15. The number of hydrogen-bond donors (Lipinski definition) is 1. The maximum absolute atomic E-state index is 12.2. The van der Waals surface area contributed by atoms with E-state index in [2.05, 4.69) is 160 Å². The third-order valence-corrected chi connectivity index (χ3v) is 9.33. The van der Waals surface area contributed by atoms with Gasteiger partial charge in [0, 0.05) is 12.8 Å². The summed E-state index contributed by atoms with van der Waals surface area (Å²) in [5, 5.41) is 9.58. The van der Waals surface area contributed by atoms with Gasteiger partial charge in [-0.05, 0) is 109 Å². The van der Waals surface area contributed by atoms with Crippen LogP contribution in [0.15, 0.2) is 158 Å². The number of esters is 2. The summed E-state index contributed by atoms with van der Waals surface area (Å²) in [6, 6.07) is 0. The molecule has 0 aliphatic heterocycles. The molecule has 5 nitrogen and oxygen atoms in total. The summed E-state index contributed by atoms with van der Waals surface area (Å²) < 4.78 is 10.6. The van der Waals surface area contributed by atoms with Crippen LogP contribution in [0.2, 0.25) is 0 Å². The van der Waals surface area contributed by atoms with E-state index in [4.69, 9.17) is 9.47 Å². The molecule has 0 radical (unpaired) electrons. The minimum atomic E-state index is -0.818. The van der Waals surface area contributed by atoms with Crippen LogP contribution in [0, 0.1) is 0 Å². The van der Waals surface area contributed by atoms with E-state index in [1.165, 1.54) is 25.7 Å². The summed E-state index contributed by atoms with van der Waals surface area (Å²) in [6.45, 7) is 3.80. The number of unbranched alkanes of at least 4 members (excludes halogenated alkanes) is 7. The van der Waals surface area contributed by atoms with E-state index >= 15 is 0 Å². The van der Waals surface area contributed by atoms with Crippen LogP contribution in [-0.2, 0) is 19.1 Å². The van der Waals surface area contributed by atoms with Crippen molar-refractivity contribution in [3.8, 4) is 0 Å². The summed E-state index contributed by atoms with van der Waals surface area (Å²) in [4.78, 5) is 24.3. The lowest BCUT2D eigenvalue weighted by molar-refractivity contribution is -0.161. The van der Waals surface area contributed by atoms with E-state index in [-0.39, 0.29) is 31.6 Å². The van der Waals surface area contributed by atoms with E-state index in [1.807, 2.05) is 12.2 Å². The first kappa shape index (κ1) is 57.5. The monoisotopic (exact) mass is 851 g/mol.